The van der Waals surface area contributed by atoms with Gasteiger partial charge in [0.05, 0.1) is 13.0 Å². The zero-order valence-electron chi connectivity index (χ0n) is 8.66. The summed E-state index contributed by atoms with van der Waals surface area (Å²) in [4.78, 5) is 10.7. The molecule has 1 unspecified atom stereocenters. The Kier molecular flexibility index (Phi) is 3.97. The van der Waals surface area contributed by atoms with Crippen molar-refractivity contribution in [3.63, 3.8) is 0 Å². The van der Waals surface area contributed by atoms with Gasteiger partial charge in [-0.15, -0.1) is 0 Å². The Morgan fingerprint density at radius 3 is 2.80 bits per heavy atom. The van der Waals surface area contributed by atoms with Crippen LogP contribution in [0.25, 0.3) is 0 Å². The summed E-state index contributed by atoms with van der Waals surface area (Å²) in [6.07, 6.45) is 0.416. The van der Waals surface area contributed by atoms with Gasteiger partial charge in [-0.05, 0) is 30.2 Å². The third kappa shape index (κ3) is 3.13. The Hall–Kier alpha value is -1.22. The van der Waals surface area contributed by atoms with Gasteiger partial charge < -0.3 is 9.84 Å². The molecule has 1 atom stereocenters. The monoisotopic (exact) mass is 228 g/mol. The summed E-state index contributed by atoms with van der Waals surface area (Å²) < 4.78 is 5.13. The molecule has 1 aromatic carbocycles. The van der Waals surface area contributed by atoms with Gasteiger partial charge in [-0.25, -0.2) is 0 Å². The highest BCUT2D eigenvalue weighted by molar-refractivity contribution is 6.30. The molecule has 3 nitrogen and oxygen atoms in total. The molecule has 1 aromatic rings. The molecule has 0 radical (unpaired) electrons. The molecule has 1 rings (SSSR count). The van der Waals surface area contributed by atoms with Crippen molar-refractivity contribution in [1.82, 2.24) is 0 Å². The highest BCUT2D eigenvalue weighted by atomic mass is 35.5. The van der Waals surface area contributed by atoms with E-state index in [1.54, 1.807) is 32.2 Å². The second kappa shape index (κ2) is 5.03. The lowest BCUT2D eigenvalue weighted by Gasteiger charge is -2.11. The Morgan fingerprint density at radius 2 is 2.27 bits per heavy atom. The molecule has 0 heterocycles. The molecule has 0 aliphatic rings. The van der Waals surface area contributed by atoms with E-state index in [0.717, 1.165) is 5.56 Å². The van der Waals surface area contributed by atoms with Gasteiger partial charge in [-0.3, -0.25) is 4.79 Å². The Balaban J connectivity index is 2.91. The SMILES string of the molecule is COc1ccc(Cl)cc1CC(C)C(=O)O. The molecule has 0 aromatic heterocycles. The number of aliphatic carboxylic acids is 1. The quantitative estimate of drug-likeness (QED) is 0.862. The number of methoxy groups -OCH3 is 1. The Morgan fingerprint density at radius 1 is 1.60 bits per heavy atom. The van der Waals surface area contributed by atoms with Gasteiger partial charge >= 0.3 is 5.97 Å². The number of hydrogen-bond donors (Lipinski definition) is 1. The Labute approximate surface area is 93.6 Å². The van der Waals surface area contributed by atoms with Crippen LogP contribution < -0.4 is 4.74 Å². The average Bonchev–Trinajstić information content (AvgIpc) is 2.18. The van der Waals surface area contributed by atoms with E-state index in [4.69, 9.17) is 21.4 Å². The van der Waals surface area contributed by atoms with Crippen molar-refractivity contribution in [1.29, 1.82) is 0 Å². The molecule has 0 spiro atoms. The first-order valence-electron chi connectivity index (χ1n) is 4.59. The van der Waals surface area contributed by atoms with Crippen molar-refractivity contribution in [2.45, 2.75) is 13.3 Å². The summed E-state index contributed by atoms with van der Waals surface area (Å²) in [7, 11) is 1.55. The number of benzene rings is 1. The predicted octanol–water partition coefficient (Wildman–Crippen LogP) is 2.61. The maximum atomic E-state index is 10.7. The number of carbonyl (C=O) groups is 1. The molecule has 15 heavy (non-hydrogen) atoms. The van der Waals surface area contributed by atoms with Crippen molar-refractivity contribution in [3.05, 3.63) is 28.8 Å². The number of rotatable bonds is 4. The van der Waals surface area contributed by atoms with Gasteiger partial charge in [-0.2, -0.15) is 0 Å². The highest BCUT2D eigenvalue weighted by Crippen LogP contribution is 2.25. The van der Waals surface area contributed by atoms with Crippen LogP contribution in [0.15, 0.2) is 18.2 Å². The topological polar surface area (TPSA) is 46.5 Å². The van der Waals surface area contributed by atoms with Crippen LogP contribution >= 0.6 is 11.6 Å². The smallest absolute Gasteiger partial charge is 0.306 e. The van der Waals surface area contributed by atoms with Crippen molar-refractivity contribution in [3.8, 4) is 5.75 Å². The van der Waals surface area contributed by atoms with Crippen molar-refractivity contribution >= 4 is 17.6 Å². The minimum Gasteiger partial charge on any atom is -0.496 e. The van der Waals surface area contributed by atoms with Crippen LogP contribution in [0.1, 0.15) is 12.5 Å². The summed E-state index contributed by atoms with van der Waals surface area (Å²) in [6.45, 7) is 1.66. The maximum Gasteiger partial charge on any atom is 0.306 e. The van der Waals surface area contributed by atoms with Gasteiger partial charge in [-0.1, -0.05) is 18.5 Å². The molecule has 0 bridgehead atoms. The molecule has 0 aliphatic heterocycles. The molecular weight excluding hydrogens is 216 g/mol. The van der Waals surface area contributed by atoms with Crippen LogP contribution in [0.2, 0.25) is 5.02 Å². The lowest BCUT2D eigenvalue weighted by molar-refractivity contribution is -0.141. The van der Waals surface area contributed by atoms with E-state index in [0.29, 0.717) is 17.2 Å². The zero-order valence-corrected chi connectivity index (χ0v) is 9.41. The summed E-state index contributed by atoms with van der Waals surface area (Å²) >= 11 is 5.83. The molecule has 0 saturated carbocycles. The van der Waals surface area contributed by atoms with E-state index in [2.05, 4.69) is 0 Å². The number of carboxylic acids is 1. The van der Waals surface area contributed by atoms with E-state index < -0.39 is 11.9 Å². The fourth-order valence-electron chi connectivity index (χ4n) is 1.32. The van der Waals surface area contributed by atoms with Gasteiger partial charge in [0.25, 0.3) is 0 Å². The van der Waals surface area contributed by atoms with Crippen LogP contribution in [0.5, 0.6) is 5.75 Å². The lowest BCUT2D eigenvalue weighted by Crippen LogP contribution is -2.12. The van der Waals surface area contributed by atoms with E-state index in [-0.39, 0.29) is 0 Å². The summed E-state index contributed by atoms with van der Waals surface area (Å²) in [5.41, 5.74) is 0.819. The molecule has 1 N–H and O–H groups in total. The molecule has 0 fully saturated rings. The second-order valence-electron chi connectivity index (χ2n) is 3.40. The first-order valence-corrected chi connectivity index (χ1v) is 4.97. The van der Waals surface area contributed by atoms with Crippen LogP contribution in [-0.2, 0) is 11.2 Å². The predicted molar refractivity (Wildman–Crippen MR) is 58.5 cm³/mol. The lowest BCUT2D eigenvalue weighted by atomic mass is 10.0. The average molecular weight is 229 g/mol. The van der Waals surface area contributed by atoms with Gasteiger partial charge in [0, 0.05) is 5.02 Å². The third-order valence-electron chi connectivity index (χ3n) is 2.19. The van der Waals surface area contributed by atoms with Crippen LogP contribution in [0.3, 0.4) is 0 Å². The molecule has 0 aliphatic carbocycles. The molecule has 4 heteroatoms. The van der Waals surface area contributed by atoms with Crippen molar-refractivity contribution in [2.75, 3.05) is 7.11 Å². The maximum absolute atomic E-state index is 10.7. The summed E-state index contributed by atoms with van der Waals surface area (Å²) in [5.74, 6) is -0.595. The number of ether oxygens (including phenoxy) is 1. The summed E-state index contributed by atoms with van der Waals surface area (Å²) in [5, 5.41) is 9.39. The fraction of sp³-hybridized carbons (Fsp3) is 0.364. The molecule has 0 amide bonds. The van der Waals surface area contributed by atoms with Gasteiger partial charge in [0.1, 0.15) is 5.75 Å². The van der Waals surface area contributed by atoms with Gasteiger partial charge in [0.15, 0.2) is 0 Å². The number of hydrogen-bond acceptors (Lipinski definition) is 2. The van der Waals surface area contributed by atoms with Crippen LogP contribution in [-0.4, -0.2) is 18.2 Å². The standard InChI is InChI=1S/C11H13ClO3/c1-7(11(13)14)5-8-6-9(12)3-4-10(8)15-2/h3-4,6-7H,5H2,1-2H3,(H,13,14). The van der Waals surface area contributed by atoms with E-state index >= 15 is 0 Å². The minimum atomic E-state index is -0.822. The molecule has 0 saturated heterocycles. The normalized spacial score (nSPS) is 12.2. The first kappa shape index (κ1) is 11.9. The number of carboxylic acid groups (broad SMARTS) is 1. The van der Waals surface area contributed by atoms with Crippen molar-refractivity contribution in [2.24, 2.45) is 5.92 Å². The fourth-order valence-corrected chi connectivity index (χ4v) is 1.52. The van der Waals surface area contributed by atoms with E-state index in [1.807, 2.05) is 0 Å². The second-order valence-corrected chi connectivity index (χ2v) is 3.84. The van der Waals surface area contributed by atoms with E-state index in [1.165, 1.54) is 0 Å². The van der Waals surface area contributed by atoms with Crippen LogP contribution in [0.4, 0.5) is 0 Å². The first-order chi connectivity index (χ1) is 7.04. The minimum absolute atomic E-state index is 0.416. The zero-order chi connectivity index (χ0) is 11.4. The third-order valence-corrected chi connectivity index (χ3v) is 2.43. The largest absolute Gasteiger partial charge is 0.496 e. The highest BCUT2D eigenvalue weighted by Gasteiger charge is 2.14. The molecular formula is C11H13ClO3. The van der Waals surface area contributed by atoms with Crippen LogP contribution in [0, 0.1) is 5.92 Å². The number of halogens is 1. The van der Waals surface area contributed by atoms with E-state index in [9.17, 15) is 4.79 Å². The summed E-state index contributed by atoms with van der Waals surface area (Å²) in [6, 6.07) is 5.20. The van der Waals surface area contributed by atoms with Crippen molar-refractivity contribution < 1.29 is 14.6 Å². The molecule has 82 valence electrons. The van der Waals surface area contributed by atoms with Gasteiger partial charge in [0.2, 0.25) is 0 Å². The Bertz CT molecular complexity index is 363.